The van der Waals surface area contributed by atoms with Gasteiger partial charge < -0.3 is 5.11 Å². The lowest BCUT2D eigenvalue weighted by Crippen LogP contribution is -2.00. The molecule has 4 nitrogen and oxygen atoms in total. The van der Waals surface area contributed by atoms with Gasteiger partial charge in [0.25, 0.3) is 0 Å². The van der Waals surface area contributed by atoms with Crippen molar-refractivity contribution in [1.82, 2.24) is 14.8 Å². The van der Waals surface area contributed by atoms with E-state index in [1.165, 1.54) is 0 Å². The van der Waals surface area contributed by atoms with Gasteiger partial charge in [-0.05, 0) is 42.8 Å². The molecule has 0 unspecified atom stereocenters. The predicted octanol–water partition coefficient (Wildman–Crippen LogP) is 4.06. The van der Waals surface area contributed by atoms with Crippen LogP contribution in [0.25, 0.3) is 17.1 Å². The zero-order chi connectivity index (χ0) is 16.1. The highest BCUT2D eigenvalue weighted by Gasteiger charge is 2.15. The van der Waals surface area contributed by atoms with E-state index in [-0.39, 0.29) is 6.61 Å². The number of hydrogen-bond donors (Lipinski definition) is 1. The van der Waals surface area contributed by atoms with Crippen LogP contribution in [0.3, 0.4) is 0 Å². The van der Waals surface area contributed by atoms with Gasteiger partial charge in [-0.3, -0.25) is 4.57 Å². The van der Waals surface area contributed by atoms with E-state index in [2.05, 4.69) is 10.2 Å². The lowest BCUT2D eigenvalue weighted by molar-refractivity contribution is 0.296. The SMILES string of the molecule is OCCCSc1nnc(-c2ccc(Cl)cc2)n1-c1ccccc1. The predicted molar refractivity (Wildman–Crippen MR) is 94.2 cm³/mol. The monoisotopic (exact) mass is 345 g/mol. The molecule has 23 heavy (non-hydrogen) atoms. The highest BCUT2D eigenvalue weighted by molar-refractivity contribution is 7.99. The van der Waals surface area contributed by atoms with Gasteiger partial charge in [-0.15, -0.1) is 10.2 Å². The Bertz CT molecular complexity index is 759. The van der Waals surface area contributed by atoms with Crippen LogP contribution in [0.2, 0.25) is 5.02 Å². The number of aliphatic hydroxyl groups excluding tert-OH is 1. The Morgan fingerprint density at radius 3 is 2.43 bits per heavy atom. The number of halogens is 1. The molecule has 1 aromatic heterocycles. The van der Waals surface area contributed by atoms with Crippen LogP contribution < -0.4 is 0 Å². The molecular formula is C17H16ClN3OS. The summed E-state index contributed by atoms with van der Waals surface area (Å²) in [6, 6.07) is 17.6. The van der Waals surface area contributed by atoms with Crippen molar-refractivity contribution in [3.63, 3.8) is 0 Å². The van der Waals surface area contributed by atoms with Gasteiger partial charge >= 0.3 is 0 Å². The summed E-state index contributed by atoms with van der Waals surface area (Å²) in [6.07, 6.45) is 0.725. The lowest BCUT2D eigenvalue weighted by atomic mass is 10.2. The molecule has 0 aliphatic carbocycles. The van der Waals surface area contributed by atoms with Gasteiger partial charge in [0.05, 0.1) is 0 Å². The van der Waals surface area contributed by atoms with Crippen molar-refractivity contribution in [2.75, 3.05) is 12.4 Å². The molecule has 3 rings (SSSR count). The first-order valence-electron chi connectivity index (χ1n) is 7.30. The van der Waals surface area contributed by atoms with E-state index in [0.717, 1.165) is 34.4 Å². The van der Waals surface area contributed by atoms with Gasteiger partial charge in [0.1, 0.15) is 0 Å². The van der Waals surface area contributed by atoms with E-state index in [1.807, 2.05) is 59.2 Å². The van der Waals surface area contributed by atoms with Crippen molar-refractivity contribution >= 4 is 23.4 Å². The standard InChI is InChI=1S/C17H16ClN3OS/c18-14-9-7-13(8-10-14)16-19-20-17(23-12-4-11-22)21(16)15-5-2-1-3-6-15/h1-3,5-10,22H,4,11-12H2. The van der Waals surface area contributed by atoms with Crippen LogP contribution in [0, 0.1) is 0 Å². The van der Waals surface area contributed by atoms with Crippen LogP contribution >= 0.6 is 23.4 Å². The number of benzene rings is 2. The van der Waals surface area contributed by atoms with Crippen molar-refractivity contribution < 1.29 is 5.11 Å². The second-order valence-electron chi connectivity index (χ2n) is 4.91. The van der Waals surface area contributed by atoms with Gasteiger partial charge in [0, 0.05) is 28.6 Å². The molecule has 0 aliphatic heterocycles. The van der Waals surface area contributed by atoms with Gasteiger partial charge in [0.15, 0.2) is 11.0 Å². The summed E-state index contributed by atoms with van der Waals surface area (Å²) >= 11 is 7.56. The maximum Gasteiger partial charge on any atom is 0.196 e. The van der Waals surface area contributed by atoms with Crippen LogP contribution in [-0.4, -0.2) is 32.2 Å². The number of rotatable bonds is 6. The van der Waals surface area contributed by atoms with Crippen LogP contribution in [0.15, 0.2) is 59.8 Å². The Balaban J connectivity index is 2.04. The second-order valence-corrected chi connectivity index (χ2v) is 6.41. The quantitative estimate of drug-likeness (QED) is 0.540. The highest BCUT2D eigenvalue weighted by atomic mass is 35.5. The van der Waals surface area contributed by atoms with E-state index >= 15 is 0 Å². The smallest absolute Gasteiger partial charge is 0.196 e. The Hall–Kier alpha value is -1.82. The fourth-order valence-electron chi connectivity index (χ4n) is 2.19. The van der Waals surface area contributed by atoms with Crippen LogP contribution in [0.5, 0.6) is 0 Å². The Morgan fingerprint density at radius 2 is 1.74 bits per heavy atom. The summed E-state index contributed by atoms with van der Waals surface area (Å²) in [4.78, 5) is 0. The third-order valence-electron chi connectivity index (χ3n) is 3.28. The first kappa shape index (κ1) is 16.1. The van der Waals surface area contributed by atoms with E-state index in [1.54, 1.807) is 11.8 Å². The molecule has 0 saturated carbocycles. The van der Waals surface area contributed by atoms with Gasteiger partial charge in [-0.1, -0.05) is 41.6 Å². The molecule has 1 N–H and O–H groups in total. The minimum absolute atomic E-state index is 0.177. The molecule has 0 aliphatic rings. The fraction of sp³-hybridized carbons (Fsp3) is 0.176. The summed E-state index contributed by atoms with van der Waals surface area (Å²) < 4.78 is 2.03. The van der Waals surface area contributed by atoms with Crippen molar-refractivity contribution in [2.24, 2.45) is 0 Å². The summed E-state index contributed by atoms with van der Waals surface area (Å²) in [6.45, 7) is 0.177. The molecule has 0 radical (unpaired) electrons. The molecular weight excluding hydrogens is 330 g/mol. The molecule has 0 saturated heterocycles. The van der Waals surface area contributed by atoms with Gasteiger partial charge in [0.2, 0.25) is 0 Å². The molecule has 118 valence electrons. The fourth-order valence-corrected chi connectivity index (χ4v) is 3.19. The normalized spacial score (nSPS) is 10.9. The van der Waals surface area contributed by atoms with Crippen LogP contribution in [0.4, 0.5) is 0 Å². The van der Waals surface area contributed by atoms with Gasteiger partial charge in [-0.25, -0.2) is 0 Å². The highest BCUT2D eigenvalue weighted by Crippen LogP contribution is 2.28. The third-order valence-corrected chi connectivity index (χ3v) is 4.55. The van der Waals surface area contributed by atoms with Crippen molar-refractivity contribution in [2.45, 2.75) is 11.6 Å². The first-order chi connectivity index (χ1) is 11.3. The molecule has 0 amide bonds. The molecule has 0 spiro atoms. The minimum atomic E-state index is 0.177. The maximum absolute atomic E-state index is 8.97. The van der Waals surface area contributed by atoms with E-state index in [0.29, 0.717) is 5.02 Å². The molecule has 0 bridgehead atoms. The van der Waals surface area contributed by atoms with Crippen molar-refractivity contribution in [3.8, 4) is 17.1 Å². The minimum Gasteiger partial charge on any atom is -0.396 e. The van der Waals surface area contributed by atoms with Crippen LogP contribution in [-0.2, 0) is 0 Å². The maximum atomic E-state index is 8.97. The second kappa shape index (κ2) is 7.64. The van der Waals surface area contributed by atoms with Crippen molar-refractivity contribution in [1.29, 1.82) is 0 Å². The number of nitrogens with zero attached hydrogens (tertiary/aromatic N) is 3. The zero-order valence-electron chi connectivity index (χ0n) is 12.4. The number of para-hydroxylation sites is 1. The summed E-state index contributed by atoms with van der Waals surface area (Å²) in [7, 11) is 0. The largest absolute Gasteiger partial charge is 0.396 e. The average molecular weight is 346 g/mol. The Morgan fingerprint density at radius 1 is 1.00 bits per heavy atom. The number of hydrogen-bond acceptors (Lipinski definition) is 4. The Kier molecular flexibility index (Phi) is 5.33. The van der Waals surface area contributed by atoms with Crippen LogP contribution in [0.1, 0.15) is 6.42 Å². The first-order valence-corrected chi connectivity index (χ1v) is 8.66. The molecule has 1 heterocycles. The Labute approximate surface area is 144 Å². The summed E-state index contributed by atoms with van der Waals surface area (Å²) in [5.41, 5.74) is 1.97. The molecule has 0 atom stereocenters. The lowest BCUT2D eigenvalue weighted by Gasteiger charge is -2.10. The molecule has 2 aromatic carbocycles. The topological polar surface area (TPSA) is 50.9 Å². The molecule has 3 aromatic rings. The number of thioether (sulfide) groups is 1. The van der Waals surface area contributed by atoms with Crippen molar-refractivity contribution in [3.05, 3.63) is 59.6 Å². The third kappa shape index (κ3) is 3.75. The summed E-state index contributed by atoms with van der Waals surface area (Å²) in [5.74, 6) is 1.57. The zero-order valence-corrected chi connectivity index (χ0v) is 14.0. The number of aliphatic hydroxyl groups is 1. The molecule has 0 fully saturated rings. The van der Waals surface area contributed by atoms with E-state index in [9.17, 15) is 0 Å². The average Bonchev–Trinajstić information content (AvgIpc) is 3.00. The summed E-state index contributed by atoms with van der Waals surface area (Å²) in [5, 5.41) is 19.2. The molecule has 6 heteroatoms. The van der Waals surface area contributed by atoms with Gasteiger partial charge in [-0.2, -0.15) is 0 Å². The van der Waals surface area contributed by atoms with E-state index in [4.69, 9.17) is 16.7 Å². The van der Waals surface area contributed by atoms with E-state index < -0.39 is 0 Å². The number of aromatic nitrogens is 3.